The number of nitrogens with zero attached hydrogens (tertiary/aromatic N) is 2. The molecule has 0 radical (unpaired) electrons. The lowest BCUT2D eigenvalue weighted by Crippen LogP contribution is -2.40. The number of benzene rings is 3. The predicted molar refractivity (Wildman–Crippen MR) is 173 cm³/mol. The first-order chi connectivity index (χ1) is 22.3. The van der Waals surface area contributed by atoms with Crippen LogP contribution >= 0.6 is 11.3 Å². The topological polar surface area (TPSA) is 115 Å². The minimum absolute atomic E-state index is 0.153. The summed E-state index contributed by atoms with van der Waals surface area (Å²) in [6, 6.07) is 21.6. The van der Waals surface area contributed by atoms with Crippen LogP contribution in [0.4, 0.5) is 0 Å². The molecule has 1 atom stereocenters. The molecule has 0 bridgehead atoms. The van der Waals surface area contributed by atoms with Gasteiger partial charge in [-0.05, 0) is 67.8 Å². The molecule has 0 saturated carbocycles. The second-order valence-corrected chi connectivity index (χ2v) is 11.2. The maximum absolute atomic E-state index is 14.1. The summed E-state index contributed by atoms with van der Waals surface area (Å²) in [6.45, 7) is 5.83. The van der Waals surface area contributed by atoms with Gasteiger partial charge in [0, 0.05) is 0 Å². The first-order valence-electron chi connectivity index (χ1n) is 14.8. The minimum Gasteiger partial charge on any atom is -0.490 e. The number of carbonyl (C=O) groups excluding carboxylic acids is 2. The summed E-state index contributed by atoms with van der Waals surface area (Å²) in [7, 11) is 1.27. The third kappa shape index (κ3) is 7.21. The molecule has 5 rings (SSSR count). The Bertz CT molecular complexity index is 1940. The summed E-state index contributed by atoms with van der Waals surface area (Å²) in [5.41, 5.74) is 2.76. The molecule has 0 unspecified atom stereocenters. The minimum atomic E-state index is -0.855. The summed E-state index contributed by atoms with van der Waals surface area (Å²) in [4.78, 5) is 44.2. The van der Waals surface area contributed by atoms with Crippen molar-refractivity contribution in [2.24, 2.45) is 4.99 Å². The van der Waals surface area contributed by atoms with E-state index in [1.54, 1.807) is 38.1 Å². The van der Waals surface area contributed by atoms with E-state index in [0.29, 0.717) is 51.1 Å². The number of thiazole rings is 1. The summed E-state index contributed by atoms with van der Waals surface area (Å²) in [5, 5.41) is 0. The molecular formula is C35H34N2O8S. The van der Waals surface area contributed by atoms with E-state index in [2.05, 4.69) is 9.73 Å². The van der Waals surface area contributed by atoms with Crippen LogP contribution < -0.4 is 29.1 Å². The van der Waals surface area contributed by atoms with Crippen molar-refractivity contribution >= 4 is 29.4 Å². The number of allylic oxidation sites excluding steroid dienone is 1. The smallest absolute Gasteiger partial charge is 0.343 e. The van der Waals surface area contributed by atoms with Crippen LogP contribution in [-0.4, -0.2) is 43.4 Å². The predicted octanol–water partition coefficient (Wildman–Crippen LogP) is 4.33. The van der Waals surface area contributed by atoms with Crippen molar-refractivity contribution in [1.82, 2.24) is 4.57 Å². The molecule has 4 aromatic rings. The highest BCUT2D eigenvalue weighted by Crippen LogP contribution is 2.36. The molecule has 0 aliphatic carbocycles. The van der Waals surface area contributed by atoms with E-state index >= 15 is 0 Å². The molecule has 1 aliphatic rings. The Morgan fingerprint density at radius 2 is 1.74 bits per heavy atom. The quantitative estimate of drug-likeness (QED) is 0.210. The molecule has 46 heavy (non-hydrogen) atoms. The summed E-state index contributed by atoms with van der Waals surface area (Å²) < 4.78 is 29.5. The van der Waals surface area contributed by atoms with Crippen LogP contribution in [0.25, 0.3) is 6.08 Å². The molecule has 3 aromatic carbocycles. The second kappa shape index (κ2) is 14.7. The van der Waals surface area contributed by atoms with Crippen molar-refractivity contribution in [1.29, 1.82) is 0 Å². The number of methoxy groups -OCH3 is 1. The van der Waals surface area contributed by atoms with Gasteiger partial charge in [0.05, 0.1) is 42.2 Å². The molecule has 1 aromatic heterocycles. The lowest BCUT2D eigenvalue weighted by Gasteiger charge is -2.25. The van der Waals surface area contributed by atoms with E-state index in [4.69, 9.17) is 18.9 Å². The fraction of sp³-hybridized carbons (Fsp3) is 0.257. The molecule has 1 aliphatic heterocycles. The average Bonchev–Trinajstić information content (AvgIpc) is 3.36. The highest BCUT2D eigenvalue weighted by molar-refractivity contribution is 7.07. The van der Waals surface area contributed by atoms with E-state index in [1.165, 1.54) is 23.0 Å². The Balaban J connectivity index is 1.57. The molecule has 11 heteroatoms. The maximum Gasteiger partial charge on any atom is 0.343 e. The molecular weight excluding hydrogens is 608 g/mol. The van der Waals surface area contributed by atoms with Crippen molar-refractivity contribution in [3.63, 3.8) is 0 Å². The van der Waals surface area contributed by atoms with Gasteiger partial charge in [-0.2, -0.15) is 0 Å². The summed E-state index contributed by atoms with van der Waals surface area (Å²) >= 11 is 1.23. The Kier molecular flexibility index (Phi) is 10.3. The zero-order valence-corrected chi connectivity index (χ0v) is 26.8. The molecule has 0 amide bonds. The fourth-order valence-electron chi connectivity index (χ4n) is 4.97. The van der Waals surface area contributed by atoms with Crippen LogP contribution in [0.1, 0.15) is 43.5 Å². The first kappa shape index (κ1) is 32.2. The van der Waals surface area contributed by atoms with Gasteiger partial charge < -0.3 is 23.7 Å². The SMILES string of the molecule is CCOC(=O)C1=C(C)N=c2s/c(=C/c3cccc(OCc4ccccc4)c3)c(=O)n2[C@@H]1c1ccc(OCC(=O)OC)c(OCC)c1. The Labute approximate surface area is 269 Å². The van der Waals surface area contributed by atoms with Gasteiger partial charge in [-0.15, -0.1) is 0 Å². The Hall–Kier alpha value is -5.16. The maximum atomic E-state index is 14.1. The first-order valence-corrected chi connectivity index (χ1v) is 15.6. The van der Waals surface area contributed by atoms with E-state index < -0.39 is 18.0 Å². The van der Waals surface area contributed by atoms with Crippen LogP contribution in [0.15, 0.2) is 93.9 Å². The number of hydrogen-bond acceptors (Lipinski definition) is 10. The van der Waals surface area contributed by atoms with Gasteiger partial charge in [0.25, 0.3) is 5.56 Å². The van der Waals surface area contributed by atoms with Crippen LogP contribution in [-0.2, 0) is 25.7 Å². The lowest BCUT2D eigenvalue weighted by molar-refractivity contribution is -0.143. The molecule has 238 valence electrons. The summed E-state index contributed by atoms with van der Waals surface area (Å²) in [6.07, 6.45) is 1.79. The third-order valence-corrected chi connectivity index (χ3v) is 8.06. The van der Waals surface area contributed by atoms with E-state index in [-0.39, 0.29) is 24.3 Å². The standard InChI is InChI=1S/C35H34N2O8S/c1-5-42-28-19-25(15-16-27(28)45-21-30(38)41-4)32-31(34(40)43-6-2)22(3)36-35-37(32)33(39)29(46-35)18-24-13-10-14-26(17-24)44-20-23-11-8-7-9-12-23/h7-19,32H,5-6,20-21H2,1-4H3/b29-18+/t32-/m1/s1. The summed E-state index contributed by atoms with van der Waals surface area (Å²) in [5.74, 6) is 0.208. The van der Waals surface area contributed by atoms with Gasteiger partial charge in [-0.25, -0.2) is 14.6 Å². The number of ether oxygens (including phenoxy) is 5. The van der Waals surface area contributed by atoms with E-state index in [0.717, 1.165) is 11.1 Å². The van der Waals surface area contributed by atoms with E-state index in [1.807, 2.05) is 61.5 Å². The number of fused-ring (bicyclic) bond motifs is 1. The van der Waals surface area contributed by atoms with Crippen LogP contribution in [0.5, 0.6) is 17.2 Å². The number of esters is 2. The number of carbonyl (C=O) groups is 2. The monoisotopic (exact) mass is 642 g/mol. The lowest BCUT2D eigenvalue weighted by atomic mass is 9.95. The molecule has 0 saturated heterocycles. The normalized spacial score (nSPS) is 14.3. The van der Waals surface area contributed by atoms with Gasteiger partial charge >= 0.3 is 11.9 Å². The molecule has 0 fully saturated rings. The van der Waals surface area contributed by atoms with Gasteiger partial charge in [-0.3, -0.25) is 9.36 Å². The Morgan fingerprint density at radius 1 is 0.935 bits per heavy atom. The molecule has 0 N–H and O–H groups in total. The number of hydrogen-bond donors (Lipinski definition) is 0. The zero-order valence-electron chi connectivity index (χ0n) is 26.0. The van der Waals surface area contributed by atoms with Gasteiger partial charge in [0.15, 0.2) is 22.9 Å². The van der Waals surface area contributed by atoms with Crippen molar-refractivity contribution in [2.45, 2.75) is 33.4 Å². The molecule has 10 nitrogen and oxygen atoms in total. The Morgan fingerprint density at radius 3 is 2.48 bits per heavy atom. The largest absolute Gasteiger partial charge is 0.490 e. The third-order valence-electron chi connectivity index (χ3n) is 7.08. The van der Waals surface area contributed by atoms with Gasteiger partial charge in [-0.1, -0.05) is 59.9 Å². The number of rotatable bonds is 12. The van der Waals surface area contributed by atoms with Crippen LogP contribution in [0.3, 0.4) is 0 Å². The average molecular weight is 643 g/mol. The van der Waals surface area contributed by atoms with E-state index in [9.17, 15) is 14.4 Å². The molecule has 0 spiro atoms. The van der Waals surface area contributed by atoms with Gasteiger partial charge in [0.2, 0.25) is 0 Å². The number of aromatic nitrogens is 1. The van der Waals surface area contributed by atoms with Crippen molar-refractivity contribution in [3.05, 3.63) is 120 Å². The van der Waals surface area contributed by atoms with Crippen molar-refractivity contribution < 1.29 is 33.3 Å². The highest BCUT2D eigenvalue weighted by Gasteiger charge is 2.34. The molecule has 2 heterocycles. The van der Waals surface area contributed by atoms with Crippen LogP contribution in [0.2, 0.25) is 0 Å². The fourth-order valence-corrected chi connectivity index (χ4v) is 6.02. The highest BCUT2D eigenvalue weighted by atomic mass is 32.1. The zero-order chi connectivity index (χ0) is 32.6. The van der Waals surface area contributed by atoms with Crippen molar-refractivity contribution in [3.8, 4) is 17.2 Å². The van der Waals surface area contributed by atoms with Crippen molar-refractivity contribution in [2.75, 3.05) is 26.9 Å². The van der Waals surface area contributed by atoms with Gasteiger partial charge in [0.1, 0.15) is 12.4 Å². The van der Waals surface area contributed by atoms with Crippen LogP contribution in [0, 0.1) is 0 Å². The second-order valence-electron chi connectivity index (χ2n) is 10.2.